The molecule has 0 aliphatic carbocycles. The van der Waals surface area contributed by atoms with Gasteiger partial charge >= 0.3 is 0 Å². The monoisotopic (exact) mass is 410 g/mol. The van der Waals surface area contributed by atoms with Gasteiger partial charge in [0.25, 0.3) is 5.91 Å². The summed E-state index contributed by atoms with van der Waals surface area (Å²) in [6, 6.07) is 7.87. The third kappa shape index (κ3) is 4.22. The SMILES string of the molecule is Cc1cc(C)cc(Oc2cc3c(cc2N)NC(=O)[C@H](CC(=O)N(C)C)N(C)C3=O)c1. The Morgan fingerprint density at radius 1 is 1.13 bits per heavy atom. The van der Waals surface area contributed by atoms with Crippen LogP contribution >= 0.6 is 0 Å². The molecule has 3 N–H and O–H groups in total. The normalized spacial score (nSPS) is 15.9. The first-order chi connectivity index (χ1) is 14.1. The quantitative estimate of drug-likeness (QED) is 0.754. The zero-order valence-electron chi connectivity index (χ0n) is 17.8. The first kappa shape index (κ1) is 21.2. The Hall–Kier alpha value is -3.55. The van der Waals surface area contributed by atoms with Crippen molar-refractivity contribution in [1.82, 2.24) is 9.80 Å². The van der Waals surface area contributed by atoms with Gasteiger partial charge in [0.1, 0.15) is 11.8 Å². The number of anilines is 2. The van der Waals surface area contributed by atoms with Gasteiger partial charge in [0, 0.05) is 21.1 Å². The van der Waals surface area contributed by atoms with Gasteiger partial charge in [-0.25, -0.2) is 0 Å². The van der Waals surface area contributed by atoms with E-state index < -0.39 is 17.9 Å². The molecule has 0 bridgehead atoms. The second-order valence-electron chi connectivity index (χ2n) is 7.77. The number of benzene rings is 2. The number of rotatable bonds is 4. The number of carbonyl (C=O) groups is 3. The Morgan fingerprint density at radius 2 is 1.77 bits per heavy atom. The van der Waals surface area contributed by atoms with Gasteiger partial charge in [-0.3, -0.25) is 14.4 Å². The number of hydrogen-bond donors (Lipinski definition) is 2. The largest absolute Gasteiger partial charge is 0.455 e. The van der Waals surface area contributed by atoms with Crippen LogP contribution < -0.4 is 15.8 Å². The van der Waals surface area contributed by atoms with Crippen LogP contribution in [-0.4, -0.2) is 54.7 Å². The molecule has 1 heterocycles. The number of likely N-dealkylation sites (N-methyl/N-ethyl adjacent to an activating group) is 1. The Balaban J connectivity index is 1.96. The first-order valence-corrected chi connectivity index (χ1v) is 9.54. The number of aryl methyl sites for hydroxylation is 2. The molecular formula is C22H26N4O4. The maximum absolute atomic E-state index is 13.1. The Morgan fingerprint density at radius 3 is 2.37 bits per heavy atom. The number of nitrogen functional groups attached to an aromatic ring is 1. The summed E-state index contributed by atoms with van der Waals surface area (Å²) >= 11 is 0. The van der Waals surface area contributed by atoms with Crippen LogP contribution in [0.3, 0.4) is 0 Å². The van der Waals surface area contributed by atoms with Gasteiger partial charge in [0.15, 0.2) is 5.75 Å². The van der Waals surface area contributed by atoms with E-state index >= 15 is 0 Å². The molecule has 158 valence electrons. The van der Waals surface area contributed by atoms with Crippen LogP contribution in [0.15, 0.2) is 30.3 Å². The maximum Gasteiger partial charge on any atom is 0.256 e. The molecule has 3 rings (SSSR count). The lowest BCUT2D eigenvalue weighted by Crippen LogP contribution is -2.45. The van der Waals surface area contributed by atoms with Crippen molar-refractivity contribution in [3.63, 3.8) is 0 Å². The van der Waals surface area contributed by atoms with E-state index in [2.05, 4.69) is 5.32 Å². The molecule has 8 nitrogen and oxygen atoms in total. The fourth-order valence-corrected chi connectivity index (χ4v) is 3.39. The molecule has 0 fully saturated rings. The highest BCUT2D eigenvalue weighted by molar-refractivity contribution is 6.11. The zero-order valence-corrected chi connectivity index (χ0v) is 17.8. The lowest BCUT2D eigenvalue weighted by Gasteiger charge is -2.25. The highest BCUT2D eigenvalue weighted by Crippen LogP contribution is 2.35. The van der Waals surface area contributed by atoms with E-state index in [4.69, 9.17) is 10.5 Å². The number of hydrogen-bond acceptors (Lipinski definition) is 5. The zero-order chi connectivity index (χ0) is 22.2. The van der Waals surface area contributed by atoms with Crippen molar-refractivity contribution < 1.29 is 19.1 Å². The summed E-state index contributed by atoms with van der Waals surface area (Å²) in [5.74, 6) is -0.170. The van der Waals surface area contributed by atoms with Crippen molar-refractivity contribution in [2.45, 2.75) is 26.3 Å². The molecule has 2 aromatic carbocycles. The molecule has 30 heavy (non-hydrogen) atoms. The van der Waals surface area contributed by atoms with E-state index in [1.807, 2.05) is 32.0 Å². The van der Waals surface area contributed by atoms with Gasteiger partial charge in [-0.1, -0.05) is 6.07 Å². The van der Waals surface area contributed by atoms with E-state index in [9.17, 15) is 14.4 Å². The fraction of sp³-hybridized carbons (Fsp3) is 0.318. The number of carbonyl (C=O) groups excluding carboxylic acids is 3. The standard InChI is InChI=1S/C22H26N4O4/c1-12-6-13(2)8-14(7-12)30-19-9-15-17(10-16(19)23)24-21(28)18(26(5)22(15)29)11-20(27)25(3)4/h6-10,18H,11,23H2,1-5H3,(H,24,28)/t18-/m0/s1. The van der Waals surface area contributed by atoms with Crippen molar-refractivity contribution in [3.8, 4) is 11.5 Å². The lowest BCUT2D eigenvalue weighted by molar-refractivity contribution is -0.132. The third-order valence-corrected chi connectivity index (χ3v) is 5.02. The molecule has 0 saturated carbocycles. The molecule has 0 spiro atoms. The van der Waals surface area contributed by atoms with Gasteiger partial charge in [-0.05, 0) is 49.2 Å². The molecular weight excluding hydrogens is 384 g/mol. The minimum absolute atomic E-state index is 0.115. The molecule has 2 aromatic rings. The second kappa shape index (κ2) is 8.06. The number of fused-ring (bicyclic) bond motifs is 1. The number of ether oxygens (including phenoxy) is 1. The predicted octanol–water partition coefficient (Wildman–Crippen LogP) is 2.55. The van der Waals surface area contributed by atoms with Gasteiger partial charge in [0.2, 0.25) is 11.8 Å². The summed E-state index contributed by atoms with van der Waals surface area (Å²) in [6.45, 7) is 3.92. The average molecular weight is 410 g/mol. The van der Waals surface area contributed by atoms with Gasteiger partial charge < -0.3 is 25.6 Å². The molecule has 0 saturated heterocycles. The molecule has 0 radical (unpaired) electrons. The third-order valence-electron chi connectivity index (χ3n) is 5.02. The summed E-state index contributed by atoms with van der Waals surface area (Å²) in [5, 5.41) is 2.72. The molecule has 1 aliphatic rings. The van der Waals surface area contributed by atoms with Gasteiger partial charge in [-0.15, -0.1) is 0 Å². The van der Waals surface area contributed by atoms with Crippen molar-refractivity contribution in [1.29, 1.82) is 0 Å². The van der Waals surface area contributed by atoms with Crippen LogP contribution in [0, 0.1) is 13.8 Å². The van der Waals surface area contributed by atoms with E-state index in [1.54, 1.807) is 14.1 Å². The highest BCUT2D eigenvalue weighted by Gasteiger charge is 2.35. The molecule has 1 atom stereocenters. The highest BCUT2D eigenvalue weighted by atomic mass is 16.5. The number of nitrogens with zero attached hydrogens (tertiary/aromatic N) is 2. The summed E-state index contributed by atoms with van der Waals surface area (Å²) in [6.07, 6.45) is -0.115. The summed E-state index contributed by atoms with van der Waals surface area (Å²) in [7, 11) is 4.71. The molecule has 1 aliphatic heterocycles. The first-order valence-electron chi connectivity index (χ1n) is 9.54. The summed E-state index contributed by atoms with van der Waals surface area (Å²) < 4.78 is 5.94. The molecule has 0 aromatic heterocycles. The average Bonchev–Trinajstić information content (AvgIpc) is 2.72. The van der Waals surface area contributed by atoms with Crippen molar-refractivity contribution >= 4 is 29.1 Å². The van der Waals surface area contributed by atoms with Crippen LogP contribution in [-0.2, 0) is 9.59 Å². The van der Waals surface area contributed by atoms with Crippen LogP contribution in [0.25, 0.3) is 0 Å². The maximum atomic E-state index is 13.1. The fourth-order valence-electron chi connectivity index (χ4n) is 3.39. The molecule has 0 unspecified atom stereocenters. The van der Waals surface area contributed by atoms with E-state index in [-0.39, 0.29) is 23.6 Å². The van der Waals surface area contributed by atoms with Crippen LogP contribution in [0.5, 0.6) is 11.5 Å². The molecule has 8 heteroatoms. The van der Waals surface area contributed by atoms with Crippen molar-refractivity contribution in [2.24, 2.45) is 0 Å². The number of amides is 3. The summed E-state index contributed by atoms with van der Waals surface area (Å²) in [4.78, 5) is 40.6. The Bertz CT molecular complexity index is 1010. The second-order valence-corrected chi connectivity index (χ2v) is 7.77. The van der Waals surface area contributed by atoms with Crippen LogP contribution in [0.1, 0.15) is 27.9 Å². The van der Waals surface area contributed by atoms with E-state index in [1.165, 1.54) is 29.0 Å². The Labute approximate surface area is 175 Å². The lowest BCUT2D eigenvalue weighted by atomic mass is 10.1. The minimum atomic E-state index is -0.926. The Kier molecular flexibility index (Phi) is 5.69. The number of nitrogens with one attached hydrogen (secondary N) is 1. The molecule has 3 amide bonds. The number of nitrogens with two attached hydrogens (primary N) is 1. The van der Waals surface area contributed by atoms with E-state index in [0.717, 1.165) is 11.1 Å². The minimum Gasteiger partial charge on any atom is -0.455 e. The van der Waals surface area contributed by atoms with Gasteiger partial charge in [0.05, 0.1) is 23.4 Å². The smallest absolute Gasteiger partial charge is 0.256 e. The topological polar surface area (TPSA) is 105 Å². The van der Waals surface area contributed by atoms with E-state index in [0.29, 0.717) is 17.2 Å². The van der Waals surface area contributed by atoms with Crippen LogP contribution in [0.2, 0.25) is 0 Å². The van der Waals surface area contributed by atoms with Crippen LogP contribution in [0.4, 0.5) is 11.4 Å². The summed E-state index contributed by atoms with van der Waals surface area (Å²) in [5.41, 5.74) is 9.04. The van der Waals surface area contributed by atoms with Gasteiger partial charge in [-0.2, -0.15) is 0 Å². The van der Waals surface area contributed by atoms with Crippen molar-refractivity contribution in [3.05, 3.63) is 47.0 Å². The van der Waals surface area contributed by atoms with Crippen molar-refractivity contribution in [2.75, 3.05) is 32.2 Å². The predicted molar refractivity (Wildman–Crippen MR) is 115 cm³/mol.